The van der Waals surface area contributed by atoms with Crippen molar-refractivity contribution in [3.63, 3.8) is 0 Å². The van der Waals surface area contributed by atoms with Gasteiger partial charge in [0.2, 0.25) is 5.91 Å². The van der Waals surface area contributed by atoms with Gasteiger partial charge in [-0.3, -0.25) is 4.79 Å². The fourth-order valence-corrected chi connectivity index (χ4v) is 2.43. The Labute approximate surface area is 145 Å². The molecule has 2 aromatic carbocycles. The summed E-state index contributed by atoms with van der Waals surface area (Å²) in [5.41, 5.74) is 2.19. The van der Waals surface area contributed by atoms with E-state index in [0.717, 1.165) is 24.1 Å². The predicted octanol–water partition coefficient (Wildman–Crippen LogP) is 4.06. The lowest BCUT2D eigenvalue weighted by Crippen LogP contribution is -2.31. The Balaban J connectivity index is 1.53. The van der Waals surface area contributed by atoms with Gasteiger partial charge in [-0.15, -0.1) is 0 Å². The van der Waals surface area contributed by atoms with Crippen molar-refractivity contribution in [1.82, 2.24) is 5.32 Å². The first-order valence-electron chi connectivity index (χ1n) is 8.25. The normalized spacial score (nSPS) is 14.5. The van der Waals surface area contributed by atoms with Crippen LogP contribution in [0.1, 0.15) is 31.4 Å². The van der Waals surface area contributed by atoms with Gasteiger partial charge < -0.3 is 16.0 Å². The van der Waals surface area contributed by atoms with E-state index in [0.29, 0.717) is 5.69 Å². The molecule has 3 amide bonds. The van der Waals surface area contributed by atoms with Crippen LogP contribution >= 0.6 is 0 Å². The molecule has 1 saturated carbocycles. The van der Waals surface area contributed by atoms with Crippen molar-refractivity contribution in [2.24, 2.45) is 5.92 Å². The van der Waals surface area contributed by atoms with Gasteiger partial charge in [0, 0.05) is 17.3 Å². The first-order valence-corrected chi connectivity index (χ1v) is 8.25. The molecule has 0 spiro atoms. The predicted molar refractivity (Wildman–Crippen MR) is 94.8 cm³/mol. The summed E-state index contributed by atoms with van der Waals surface area (Å²) in [4.78, 5) is 23.7. The van der Waals surface area contributed by atoms with E-state index in [1.807, 2.05) is 31.2 Å². The monoisotopic (exact) mass is 341 g/mol. The molecule has 2 aromatic rings. The van der Waals surface area contributed by atoms with Gasteiger partial charge in [0.15, 0.2) is 0 Å². The zero-order chi connectivity index (χ0) is 17.8. The minimum absolute atomic E-state index is 0.0672. The highest BCUT2D eigenvalue weighted by Gasteiger charge is 2.29. The number of carbonyl (C=O) groups is 2. The molecule has 3 N–H and O–H groups in total. The van der Waals surface area contributed by atoms with Crippen LogP contribution in [0.3, 0.4) is 0 Å². The molecule has 1 unspecified atom stereocenters. The molecule has 0 aliphatic heterocycles. The Morgan fingerprint density at radius 2 is 1.52 bits per heavy atom. The number of carbonyl (C=O) groups excluding carboxylic acids is 2. The second-order valence-corrected chi connectivity index (χ2v) is 6.21. The van der Waals surface area contributed by atoms with Crippen LogP contribution in [0.15, 0.2) is 48.5 Å². The summed E-state index contributed by atoms with van der Waals surface area (Å²) in [6, 6.07) is 12.4. The number of amides is 3. The van der Waals surface area contributed by atoms with Crippen LogP contribution in [0.2, 0.25) is 0 Å². The van der Waals surface area contributed by atoms with Gasteiger partial charge >= 0.3 is 6.03 Å². The smallest absolute Gasteiger partial charge is 0.319 e. The number of hydrogen-bond acceptors (Lipinski definition) is 2. The van der Waals surface area contributed by atoms with E-state index in [-0.39, 0.29) is 29.7 Å². The molecular formula is C19H20FN3O2. The molecule has 5 nitrogen and oxygen atoms in total. The molecule has 1 fully saturated rings. The molecule has 130 valence electrons. The molecule has 1 atom stereocenters. The number of halogens is 1. The van der Waals surface area contributed by atoms with Crippen molar-refractivity contribution < 1.29 is 14.0 Å². The maximum absolute atomic E-state index is 12.9. The molecule has 0 saturated heterocycles. The topological polar surface area (TPSA) is 70.2 Å². The van der Waals surface area contributed by atoms with Gasteiger partial charge in [0.1, 0.15) is 5.82 Å². The summed E-state index contributed by atoms with van der Waals surface area (Å²) < 4.78 is 12.9. The molecule has 0 aromatic heterocycles. The third-order valence-corrected chi connectivity index (χ3v) is 4.08. The van der Waals surface area contributed by atoms with Gasteiger partial charge in [-0.2, -0.15) is 0 Å². The Morgan fingerprint density at radius 1 is 0.960 bits per heavy atom. The van der Waals surface area contributed by atoms with E-state index in [4.69, 9.17) is 0 Å². The number of anilines is 2. The highest BCUT2D eigenvalue weighted by atomic mass is 19.1. The minimum atomic E-state index is -0.370. The van der Waals surface area contributed by atoms with Gasteiger partial charge in [0.05, 0.1) is 6.04 Å². The van der Waals surface area contributed by atoms with Crippen molar-refractivity contribution in [1.29, 1.82) is 0 Å². The molecule has 6 heteroatoms. The molecule has 1 aliphatic rings. The van der Waals surface area contributed by atoms with Gasteiger partial charge in [-0.05, 0) is 61.7 Å². The van der Waals surface area contributed by atoms with Crippen molar-refractivity contribution in [2.75, 3.05) is 10.6 Å². The quantitative estimate of drug-likeness (QED) is 0.767. The average molecular weight is 341 g/mol. The Kier molecular flexibility index (Phi) is 4.97. The summed E-state index contributed by atoms with van der Waals surface area (Å²) in [6.07, 6.45) is 1.93. The van der Waals surface area contributed by atoms with Crippen molar-refractivity contribution >= 4 is 23.3 Å². The van der Waals surface area contributed by atoms with E-state index >= 15 is 0 Å². The molecule has 0 bridgehead atoms. The summed E-state index contributed by atoms with van der Waals surface area (Å²) in [7, 11) is 0. The van der Waals surface area contributed by atoms with Crippen molar-refractivity contribution in [3.05, 3.63) is 59.9 Å². The Morgan fingerprint density at radius 3 is 2.12 bits per heavy atom. The lowest BCUT2D eigenvalue weighted by Gasteiger charge is -2.16. The van der Waals surface area contributed by atoms with Crippen LogP contribution < -0.4 is 16.0 Å². The number of nitrogens with one attached hydrogen (secondary N) is 3. The fraction of sp³-hybridized carbons (Fsp3) is 0.263. The van der Waals surface area contributed by atoms with Gasteiger partial charge in [-0.1, -0.05) is 12.1 Å². The zero-order valence-corrected chi connectivity index (χ0v) is 13.9. The second kappa shape index (κ2) is 7.34. The molecule has 3 rings (SSSR count). The highest BCUT2D eigenvalue weighted by molar-refractivity contribution is 5.94. The minimum Gasteiger partial charge on any atom is -0.331 e. The van der Waals surface area contributed by atoms with E-state index < -0.39 is 0 Å². The Hall–Kier alpha value is -2.89. The summed E-state index contributed by atoms with van der Waals surface area (Å²) in [5, 5.41) is 8.35. The number of rotatable bonds is 5. The van der Waals surface area contributed by atoms with Gasteiger partial charge in [0.25, 0.3) is 0 Å². The van der Waals surface area contributed by atoms with Crippen molar-refractivity contribution in [3.8, 4) is 0 Å². The van der Waals surface area contributed by atoms with Crippen LogP contribution in [-0.2, 0) is 4.79 Å². The Bertz CT molecular complexity index is 755. The van der Waals surface area contributed by atoms with Crippen LogP contribution in [0.5, 0.6) is 0 Å². The van der Waals surface area contributed by atoms with E-state index in [9.17, 15) is 14.0 Å². The van der Waals surface area contributed by atoms with E-state index in [2.05, 4.69) is 16.0 Å². The standard InChI is InChI=1S/C19H20FN3O2/c1-12(21-19(25)23-17-10-6-15(20)7-11-17)13-4-8-16(9-5-13)22-18(24)14-2-3-14/h4-12,14H,2-3H2,1H3,(H,22,24)(H2,21,23,25). The summed E-state index contributed by atoms with van der Waals surface area (Å²) in [5.74, 6) is -0.124. The lowest BCUT2D eigenvalue weighted by atomic mass is 10.1. The van der Waals surface area contributed by atoms with Crippen LogP contribution in [-0.4, -0.2) is 11.9 Å². The maximum atomic E-state index is 12.9. The van der Waals surface area contributed by atoms with E-state index in [1.165, 1.54) is 24.3 Å². The van der Waals surface area contributed by atoms with E-state index in [1.54, 1.807) is 0 Å². The first kappa shape index (κ1) is 17.0. The van der Waals surface area contributed by atoms with Crippen molar-refractivity contribution in [2.45, 2.75) is 25.8 Å². The zero-order valence-electron chi connectivity index (χ0n) is 13.9. The van der Waals surface area contributed by atoms with Gasteiger partial charge in [-0.25, -0.2) is 9.18 Å². The lowest BCUT2D eigenvalue weighted by molar-refractivity contribution is -0.117. The number of hydrogen-bond donors (Lipinski definition) is 3. The largest absolute Gasteiger partial charge is 0.331 e. The molecule has 1 aliphatic carbocycles. The summed E-state index contributed by atoms with van der Waals surface area (Å²) in [6.45, 7) is 1.86. The number of benzene rings is 2. The molecule has 0 radical (unpaired) electrons. The SMILES string of the molecule is CC(NC(=O)Nc1ccc(F)cc1)c1ccc(NC(=O)C2CC2)cc1. The molecule has 25 heavy (non-hydrogen) atoms. The fourth-order valence-electron chi connectivity index (χ4n) is 2.43. The summed E-state index contributed by atoms with van der Waals surface area (Å²) >= 11 is 0. The molecule has 0 heterocycles. The molecular weight excluding hydrogens is 321 g/mol. The second-order valence-electron chi connectivity index (χ2n) is 6.21. The van der Waals surface area contributed by atoms with Crippen LogP contribution in [0.4, 0.5) is 20.6 Å². The van der Waals surface area contributed by atoms with Crippen LogP contribution in [0.25, 0.3) is 0 Å². The first-order chi connectivity index (χ1) is 12.0. The highest BCUT2D eigenvalue weighted by Crippen LogP contribution is 2.30. The van der Waals surface area contributed by atoms with Crippen LogP contribution in [0, 0.1) is 11.7 Å². The third-order valence-electron chi connectivity index (χ3n) is 4.08. The average Bonchev–Trinajstić information content (AvgIpc) is 3.42. The number of urea groups is 1. The third kappa shape index (κ3) is 4.79. The maximum Gasteiger partial charge on any atom is 0.319 e.